The Hall–Kier alpha value is -1.03. The lowest BCUT2D eigenvalue weighted by Gasteiger charge is -2.03. The maximum Gasteiger partial charge on any atom is 0.116 e. The molecule has 0 aliphatic rings. The molecule has 3 nitrogen and oxygen atoms in total. The van der Waals surface area contributed by atoms with E-state index in [2.05, 4.69) is 4.72 Å². The van der Waals surface area contributed by atoms with Crippen LogP contribution in [0.5, 0.6) is 0 Å². The van der Waals surface area contributed by atoms with Gasteiger partial charge in [-0.2, -0.15) is 0 Å². The first-order valence-electron chi connectivity index (χ1n) is 3.73. The molecule has 3 N–H and O–H groups in total. The Morgan fingerprint density at radius 2 is 2.33 bits per heavy atom. The van der Waals surface area contributed by atoms with E-state index in [4.69, 9.17) is 5.73 Å². The average Bonchev–Trinajstić information content (AvgIpc) is 2.04. The maximum atomic E-state index is 11.1. The molecule has 1 unspecified atom stereocenters. The summed E-state index contributed by atoms with van der Waals surface area (Å²) >= 11 is 0. The van der Waals surface area contributed by atoms with E-state index < -0.39 is 11.0 Å². The van der Waals surface area contributed by atoms with Crippen molar-refractivity contribution in [1.82, 2.24) is 0 Å². The second-order valence-corrected chi connectivity index (χ2v) is 3.83. The number of nitrogens with two attached hydrogens (primary N) is 1. The summed E-state index contributed by atoms with van der Waals surface area (Å²) in [7, 11) is -0.992. The third-order valence-corrected chi connectivity index (χ3v) is 2.37. The molecule has 4 heteroatoms. The summed E-state index contributed by atoms with van der Waals surface area (Å²) in [4.78, 5) is 0. The summed E-state index contributed by atoms with van der Waals surface area (Å²) in [6.07, 6.45) is 0. The Kier molecular flexibility index (Phi) is 3.10. The minimum atomic E-state index is -0.992. The molecule has 1 aromatic carbocycles. The van der Waals surface area contributed by atoms with Gasteiger partial charge in [-0.1, -0.05) is 13.0 Å². The van der Waals surface area contributed by atoms with Gasteiger partial charge in [-0.3, -0.25) is 0 Å². The van der Waals surface area contributed by atoms with Crippen molar-refractivity contribution >= 4 is 22.4 Å². The SMILES string of the molecule is CCS(=O)Nc1cccc(N)c1. The number of anilines is 2. The summed E-state index contributed by atoms with van der Waals surface area (Å²) in [5.74, 6) is 0.592. The summed E-state index contributed by atoms with van der Waals surface area (Å²) in [6, 6.07) is 7.21. The van der Waals surface area contributed by atoms with Gasteiger partial charge in [-0.25, -0.2) is 4.21 Å². The zero-order valence-corrected chi connectivity index (χ0v) is 7.73. The highest BCUT2D eigenvalue weighted by molar-refractivity contribution is 7.86. The number of rotatable bonds is 3. The van der Waals surface area contributed by atoms with Crippen molar-refractivity contribution in [2.75, 3.05) is 16.2 Å². The van der Waals surface area contributed by atoms with E-state index in [0.717, 1.165) is 5.69 Å². The summed E-state index contributed by atoms with van der Waals surface area (Å²) in [5, 5.41) is 0. The molecular weight excluding hydrogens is 172 g/mol. The molecule has 1 rings (SSSR count). The summed E-state index contributed by atoms with van der Waals surface area (Å²) in [5.41, 5.74) is 7.01. The van der Waals surface area contributed by atoms with E-state index in [-0.39, 0.29) is 0 Å². The minimum Gasteiger partial charge on any atom is -0.399 e. The molecular formula is C8H12N2OS. The number of hydrogen-bond acceptors (Lipinski definition) is 2. The van der Waals surface area contributed by atoms with Crippen LogP contribution >= 0.6 is 0 Å². The predicted octanol–water partition coefficient (Wildman–Crippen LogP) is 1.36. The lowest BCUT2D eigenvalue weighted by atomic mass is 10.3. The molecule has 0 amide bonds. The van der Waals surface area contributed by atoms with E-state index in [0.29, 0.717) is 11.4 Å². The Morgan fingerprint density at radius 3 is 2.92 bits per heavy atom. The normalized spacial score (nSPS) is 12.4. The van der Waals surface area contributed by atoms with Crippen molar-refractivity contribution < 1.29 is 4.21 Å². The van der Waals surface area contributed by atoms with Gasteiger partial charge >= 0.3 is 0 Å². The fourth-order valence-electron chi connectivity index (χ4n) is 0.806. The third-order valence-electron chi connectivity index (χ3n) is 1.38. The van der Waals surface area contributed by atoms with Gasteiger partial charge in [0.15, 0.2) is 0 Å². The molecule has 0 aliphatic carbocycles. The molecule has 66 valence electrons. The molecule has 0 aromatic heterocycles. The van der Waals surface area contributed by atoms with Gasteiger partial charge < -0.3 is 10.5 Å². The second kappa shape index (κ2) is 4.11. The van der Waals surface area contributed by atoms with Crippen molar-refractivity contribution in [3.63, 3.8) is 0 Å². The van der Waals surface area contributed by atoms with E-state index in [1.54, 1.807) is 12.1 Å². The van der Waals surface area contributed by atoms with Crippen molar-refractivity contribution in [3.8, 4) is 0 Å². The third kappa shape index (κ3) is 2.54. The predicted molar refractivity (Wildman–Crippen MR) is 53.2 cm³/mol. The molecule has 0 fully saturated rings. The van der Waals surface area contributed by atoms with Crippen LogP contribution in [0.15, 0.2) is 24.3 Å². The van der Waals surface area contributed by atoms with Crippen LogP contribution < -0.4 is 10.5 Å². The maximum absolute atomic E-state index is 11.1. The molecule has 0 bridgehead atoms. The Labute approximate surface area is 74.6 Å². The number of benzene rings is 1. The molecule has 0 aliphatic heterocycles. The first-order valence-corrected chi connectivity index (χ1v) is 5.05. The van der Waals surface area contributed by atoms with Crippen molar-refractivity contribution in [1.29, 1.82) is 0 Å². The van der Waals surface area contributed by atoms with E-state index in [9.17, 15) is 4.21 Å². The molecule has 1 aromatic rings. The smallest absolute Gasteiger partial charge is 0.116 e. The minimum absolute atomic E-state index is 0.592. The second-order valence-electron chi connectivity index (χ2n) is 2.36. The lowest BCUT2D eigenvalue weighted by molar-refractivity contribution is 0.687. The van der Waals surface area contributed by atoms with Crippen molar-refractivity contribution in [2.24, 2.45) is 0 Å². The Bertz CT molecular complexity index is 288. The monoisotopic (exact) mass is 184 g/mol. The summed E-state index contributed by atoms with van der Waals surface area (Å²) < 4.78 is 13.9. The van der Waals surface area contributed by atoms with Gasteiger partial charge in [-0.15, -0.1) is 0 Å². The molecule has 0 radical (unpaired) electrons. The van der Waals surface area contributed by atoms with Gasteiger partial charge in [0.2, 0.25) is 0 Å². The molecule has 0 heterocycles. The lowest BCUT2D eigenvalue weighted by Crippen LogP contribution is -2.05. The first kappa shape index (κ1) is 9.06. The largest absolute Gasteiger partial charge is 0.399 e. The quantitative estimate of drug-likeness (QED) is 0.697. The van der Waals surface area contributed by atoms with E-state index in [1.165, 1.54) is 0 Å². The topological polar surface area (TPSA) is 55.1 Å². The molecule has 1 atom stereocenters. The van der Waals surface area contributed by atoms with Crippen LogP contribution in [0.3, 0.4) is 0 Å². The van der Waals surface area contributed by atoms with Crippen LogP contribution in [0.2, 0.25) is 0 Å². The van der Waals surface area contributed by atoms with Crippen LogP contribution in [-0.2, 0) is 11.0 Å². The van der Waals surface area contributed by atoms with E-state index in [1.807, 2.05) is 19.1 Å². The number of hydrogen-bond donors (Lipinski definition) is 2. The number of nitrogens with one attached hydrogen (secondary N) is 1. The Balaban J connectivity index is 2.69. The zero-order valence-electron chi connectivity index (χ0n) is 6.91. The average molecular weight is 184 g/mol. The fraction of sp³-hybridized carbons (Fsp3) is 0.250. The molecule has 0 saturated carbocycles. The zero-order chi connectivity index (χ0) is 8.97. The van der Waals surface area contributed by atoms with Crippen LogP contribution in [0.25, 0.3) is 0 Å². The van der Waals surface area contributed by atoms with Crippen LogP contribution in [0, 0.1) is 0 Å². The van der Waals surface area contributed by atoms with Gasteiger partial charge in [0, 0.05) is 17.1 Å². The van der Waals surface area contributed by atoms with E-state index >= 15 is 0 Å². The van der Waals surface area contributed by atoms with Crippen LogP contribution in [-0.4, -0.2) is 9.96 Å². The van der Waals surface area contributed by atoms with Gasteiger partial charge in [0.05, 0.1) is 0 Å². The van der Waals surface area contributed by atoms with Crippen LogP contribution in [0.1, 0.15) is 6.92 Å². The molecule has 0 saturated heterocycles. The first-order chi connectivity index (χ1) is 5.72. The number of nitrogen functional groups attached to an aromatic ring is 1. The van der Waals surface area contributed by atoms with Gasteiger partial charge in [0.25, 0.3) is 0 Å². The summed E-state index contributed by atoms with van der Waals surface area (Å²) in [6.45, 7) is 1.86. The molecule has 0 spiro atoms. The fourth-order valence-corrected chi connectivity index (χ4v) is 1.34. The van der Waals surface area contributed by atoms with Crippen LogP contribution in [0.4, 0.5) is 11.4 Å². The Morgan fingerprint density at radius 1 is 1.58 bits per heavy atom. The highest BCUT2D eigenvalue weighted by atomic mass is 32.2. The van der Waals surface area contributed by atoms with Gasteiger partial charge in [0.1, 0.15) is 11.0 Å². The standard InChI is InChI=1S/C8H12N2OS/c1-2-12(11)10-8-5-3-4-7(9)6-8/h3-6,10H,2,9H2,1H3. The highest BCUT2D eigenvalue weighted by Gasteiger charge is 1.95. The molecule has 12 heavy (non-hydrogen) atoms. The van der Waals surface area contributed by atoms with Crippen molar-refractivity contribution in [2.45, 2.75) is 6.92 Å². The van der Waals surface area contributed by atoms with Gasteiger partial charge in [-0.05, 0) is 18.2 Å². The van der Waals surface area contributed by atoms with Crippen molar-refractivity contribution in [3.05, 3.63) is 24.3 Å². The highest BCUT2D eigenvalue weighted by Crippen LogP contribution is 2.11.